The third-order valence-corrected chi connectivity index (χ3v) is 2.43. The van der Waals surface area contributed by atoms with Crippen molar-refractivity contribution in [2.75, 3.05) is 25.1 Å². The second-order valence-corrected chi connectivity index (χ2v) is 4.09. The van der Waals surface area contributed by atoms with E-state index in [0.717, 1.165) is 30.2 Å². The summed E-state index contributed by atoms with van der Waals surface area (Å²) in [6, 6.07) is 5.78. The zero-order valence-electron chi connectivity index (χ0n) is 11.4. The number of hydrogen-bond donors (Lipinski definition) is 2. The Morgan fingerprint density at radius 2 is 1.83 bits per heavy atom. The van der Waals surface area contributed by atoms with Gasteiger partial charge in [0.25, 0.3) is 0 Å². The van der Waals surface area contributed by atoms with E-state index in [2.05, 4.69) is 5.32 Å². The summed E-state index contributed by atoms with van der Waals surface area (Å²) in [5.74, 6) is 1.52. The fourth-order valence-electron chi connectivity index (χ4n) is 1.59. The lowest BCUT2D eigenvalue weighted by Gasteiger charge is -2.13. The molecular formula is C14H23NO3. The second kappa shape index (κ2) is 7.82. The first-order valence-corrected chi connectivity index (χ1v) is 6.49. The molecule has 1 aromatic rings. The Morgan fingerprint density at radius 3 is 2.44 bits per heavy atom. The predicted octanol–water partition coefficient (Wildman–Crippen LogP) is 2.67. The molecule has 0 spiro atoms. The summed E-state index contributed by atoms with van der Waals surface area (Å²) in [6.07, 6.45) is 0.434. The Morgan fingerprint density at radius 1 is 1.17 bits per heavy atom. The van der Waals surface area contributed by atoms with Crippen LogP contribution in [0.25, 0.3) is 0 Å². The predicted molar refractivity (Wildman–Crippen MR) is 73.6 cm³/mol. The fourth-order valence-corrected chi connectivity index (χ4v) is 1.59. The van der Waals surface area contributed by atoms with Crippen LogP contribution in [0, 0.1) is 0 Å². The molecule has 0 aromatic heterocycles. The summed E-state index contributed by atoms with van der Waals surface area (Å²) >= 11 is 0. The number of aliphatic hydroxyl groups excluding tert-OH is 1. The van der Waals surface area contributed by atoms with Gasteiger partial charge in [-0.25, -0.2) is 0 Å². The zero-order chi connectivity index (χ0) is 13.4. The largest absolute Gasteiger partial charge is 0.490 e. The first-order chi connectivity index (χ1) is 8.67. The van der Waals surface area contributed by atoms with E-state index in [9.17, 15) is 5.11 Å². The van der Waals surface area contributed by atoms with Gasteiger partial charge in [-0.1, -0.05) is 0 Å². The lowest BCUT2D eigenvalue weighted by Crippen LogP contribution is -2.10. The Labute approximate surface area is 109 Å². The highest BCUT2D eigenvalue weighted by Crippen LogP contribution is 2.30. The van der Waals surface area contributed by atoms with Crippen molar-refractivity contribution in [2.45, 2.75) is 33.3 Å². The SMILES string of the molecule is CCOc1ccc(NCCC(C)O)cc1OCC. The molecule has 1 atom stereocenters. The lowest BCUT2D eigenvalue weighted by atomic mass is 10.2. The quantitative estimate of drug-likeness (QED) is 0.748. The van der Waals surface area contributed by atoms with Gasteiger partial charge in [0.15, 0.2) is 11.5 Å². The normalized spacial score (nSPS) is 12.0. The average molecular weight is 253 g/mol. The molecule has 0 aliphatic heterocycles. The van der Waals surface area contributed by atoms with E-state index in [0.29, 0.717) is 13.2 Å². The Balaban J connectivity index is 2.66. The zero-order valence-corrected chi connectivity index (χ0v) is 11.4. The number of anilines is 1. The minimum atomic E-state index is -0.286. The van der Waals surface area contributed by atoms with Crippen molar-refractivity contribution in [3.8, 4) is 11.5 Å². The van der Waals surface area contributed by atoms with E-state index in [1.165, 1.54) is 0 Å². The van der Waals surface area contributed by atoms with Crippen molar-refractivity contribution in [2.24, 2.45) is 0 Å². The van der Waals surface area contributed by atoms with Crippen LogP contribution in [0.3, 0.4) is 0 Å². The molecule has 0 heterocycles. The molecule has 4 nitrogen and oxygen atoms in total. The molecule has 0 aliphatic carbocycles. The smallest absolute Gasteiger partial charge is 0.163 e. The van der Waals surface area contributed by atoms with Gasteiger partial charge in [-0.2, -0.15) is 0 Å². The van der Waals surface area contributed by atoms with Crippen LogP contribution in [0.1, 0.15) is 27.2 Å². The van der Waals surface area contributed by atoms with Gasteiger partial charge in [0.2, 0.25) is 0 Å². The first kappa shape index (κ1) is 14.6. The maximum absolute atomic E-state index is 9.20. The van der Waals surface area contributed by atoms with Crippen LogP contribution in [-0.2, 0) is 0 Å². The minimum Gasteiger partial charge on any atom is -0.490 e. The molecule has 1 unspecified atom stereocenters. The highest BCUT2D eigenvalue weighted by Gasteiger charge is 2.06. The fraction of sp³-hybridized carbons (Fsp3) is 0.571. The number of ether oxygens (including phenoxy) is 2. The van der Waals surface area contributed by atoms with Crippen molar-refractivity contribution < 1.29 is 14.6 Å². The van der Waals surface area contributed by atoms with Gasteiger partial charge in [0, 0.05) is 18.3 Å². The molecule has 102 valence electrons. The summed E-state index contributed by atoms with van der Waals surface area (Å²) in [5.41, 5.74) is 0.975. The lowest BCUT2D eigenvalue weighted by molar-refractivity contribution is 0.189. The summed E-state index contributed by atoms with van der Waals surface area (Å²) < 4.78 is 11.0. The molecule has 1 aromatic carbocycles. The summed E-state index contributed by atoms with van der Waals surface area (Å²) in [5, 5.41) is 12.4. The van der Waals surface area contributed by atoms with E-state index in [4.69, 9.17) is 9.47 Å². The molecular weight excluding hydrogens is 230 g/mol. The van der Waals surface area contributed by atoms with Crippen LogP contribution in [0.15, 0.2) is 18.2 Å². The van der Waals surface area contributed by atoms with E-state index < -0.39 is 0 Å². The standard InChI is InChI=1S/C14H23NO3/c1-4-17-13-7-6-12(10-14(13)18-5-2)15-9-8-11(3)16/h6-7,10-11,15-16H,4-5,8-9H2,1-3H3. The van der Waals surface area contributed by atoms with Gasteiger partial charge in [-0.3, -0.25) is 0 Å². The number of aliphatic hydroxyl groups is 1. The summed E-state index contributed by atoms with van der Waals surface area (Å²) in [6.45, 7) is 7.64. The van der Waals surface area contributed by atoms with E-state index in [-0.39, 0.29) is 6.10 Å². The monoisotopic (exact) mass is 253 g/mol. The number of hydrogen-bond acceptors (Lipinski definition) is 4. The topological polar surface area (TPSA) is 50.7 Å². The molecule has 0 aliphatic rings. The van der Waals surface area contributed by atoms with Gasteiger partial charge in [0.1, 0.15) is 0 Å². The summed E-state index contributed by atoms with van der Waals surface area (Å²) in [7, 11) is 0. The second-order valence-electron chi connectivity index (χ2n) is 4.09. The molecule has 0 saturated heterocycles. The highest BCUT2D eigenvalue weighted by atomic mass is 16.5. The Hall–Kier alpha value is -1.42. The van der Waals surface area contributed by atoms with Crippen LogP contribution in [-0.4, -0.2) is 31.0 Å². The molecule has 0 radical (unpaired) electrons. The average Bonchev–Trinajstić information content (AvgIpc) is 2.32. The molecule has 0 fully saturated rings. The Kier molecular flexibility index (Phi) is 6.36. The van der Waals surface area contributed by atoms with Gasteiger partial charge < -0.3 is 19.9 Å². The van der Waals surface area contributed by atoms with Crippen molar-refractivity contribution in [1.29, 1.82) is 0 Å². The maximum atomic E-state index is 9.20. The number of nitrogens with one attached hydrogen (secondary N) is 1. The summed E-state index contributed by atoms with van der Waals surface area (Å²) in [4.78, 5) is 0. The molecule has 0 amide bonds. The van der Waals surface area contributed by atoms with Gasteiger partial charge in [0.05, 0.1) is 19.3 Å². The highest BCUT2D eigenvalue weighted by molar-refractivity contribution is 5.54. The molecule has 2 N–H and O–H groups in total. The van der Waals surface area contributed by atoms with Crippen LogP contribution in [0.5, 0.6) is 11.5 Å². The van der Waals surface area contributed by atoms with Crippen LogP contribution in [0.2, 0.25) is 0 Å². The molecule has 18 heavy (non-hydrogen) atoms. The van der Waals surface area contributed by atoms with Gasteiger partial charge in [-0.05, 0) is 39.3 Å². The van der Waals surface area contributed by atoms with E-state index in [1.807, 2.05) is 32.0 Å². The van der Waals surface area contributed by atoms with Crippen LogP contribution < -0.4 is 14.8 Å². The number of benzene rings is 1. The van der Waals surface area contributed by atoms with Crippen LogP contribution in [0.4, 0.5) is 5.69 Å². The molecule has 0 bridgehead atoms. The Bertz CT molecular complexity index is 353. The molecule has 1 rings (SSSR count). The van der Waals surface area contributed by atoms with Crippen molar-refractivity contribution >= 4 is 5.69 Å². The molecule has 0 saturated carbocycles. The third-order valence-electron chi connectivity index (χ3n) is 2.43. The van der Waals surface area contributed by atoms with Gasteiger partial charge in [-0.15, -0.1) is 0 Å². The minimum absolute atomic E-state index is 0.286. The van der Waals surface area contributed by atoms with Gasteiger partial charge >= 0.3 is 0 Å². The van der Waals surface area contributed by atoms with Crippen molar-refractivity contribution in [3.63, 3.8) is 0 Å². The maximum Gasteiger partial charge on any atom is 0.163 e. The van der Waals surface area contributed by atoms with Crippen LogP contribution >= 0.6 is 0 Å². The van der Waals surface area contributed by atoms with Crippen molar-refractivity contribution in [3.05, 3.63) is 18.2 Å². The van der Waals surface area contributed by atoms with Crippen molar-refractivity contribution in [1.82, 2.24) is 0 Å². The first-order valence-electron chi connectivity index (χ1n) is 6.49. The number of rotatable bonds is 8. The van der Waals surface area contributed by atoms with E-state index in [1.54, 1.807) is 6.92 Å². The van der Waals surface area contributed by atoms with E-state index >= 15 is 0 Å². The molecule has 4 heteroatoms. The third kappa shape index (κ3) is 4.84.